The summed E-state index contributed by atoms with van der Waals surface area (Å²) >= 11 is 7.02. The van der Waals surface area contributed by atoms with Gasteiger partial charge in [-0.2, -0.15) is 0 Å². The number of quaternary nitrogens is 1. The lowest BCUT2D eigenvalue weighted by Gasteiger charge is -2.29. The monoisotopic (exact) mass is 519 g/mol. The predicted octanol–water partition coefficient (Wildman–Crippen LogP) is 3.83. The highest BCUT2D eigenvalue weighted by Crippen LogP contribution is 2.28. The number of hydrogen-bond donors (Lipinski definition) is 2. The van der Waals surface area contributed by atoms with Crippen LogP contribution in [-0.2, 0) is 4.79 Å². The number of nitrogens with one attached hydrogen (secondary N) is 2. The topological polar surface area (TPSA) is 107 Å². The second-order valence-corrected chi connectivity index (χ2v) is 9.70. The lowest BCUT2D eigenvalue weighted by molar-refractivity contribution is -0.935. The molecule has 35 heavy (non-hydrogen) atoms. The smallest absolute Gasteiger partial charge is 0.289 e. The number of nitro groups is 1. The quantitative estimate of drug-likeness (QED) is 0.266. The SMILES string of the molecule is C[C@@H](c1nnc(SCC(=O)Nc2ccc(Cl)c([N+](=O)[O-])c2)n1-c1ccc(F)cc1)[NH+]1CCCCC1. The zero-order valence-corrected chi connectivity index (χ0v) is 20.6. The number of nitro benzene ring substituents is 1. The van der Waals surface area contributed by atoms with Gasteiger partial charge in [-0.25, -0.2) is 4.39 Å². The molecule has 0 bridgehead atoms. The van der Waals surface area contributed by atoms with E-state index in [0.29, 0.717) is 10.8 Å². The maximum absolute atomic E-state index is 13.6. The number of rotatable bonds is 8. The van der Waals surface area contributed by atoms with Crippen molar-refractivity contribution in [3.63, 3.8) is 0 Å². The Morgan fingerprint density at radius 2 is 1.94 bits per heavy atom. The summed E-state index contributed by atoms with van der Waals surface area (Å²) in [6, 6.07) is 10.2. The van der Waals surface area contributed by atoms with E-state index in [0.717, 1.165) is 31.8 Å². The Labute approximate surface area is 210 Å². The molecule has 184 valence electrons. The largest absolute Gasteiger partial charge is 0.326 e. The van der Waals surface area contributed by atoms with Gasteiger partial charge in [0, 0.05) is 17.4 Å². The maximum Gasteiger partial charge on any atom is 0.289 e. The number of likely N-dealkylation sites (tertiary alicyclic amines) is 1. The summed E-state index contributed by atoms with van der Waals surface area (Å²) in [6.07, 6.45) is 3.55. The number of carbonyl (C=O) groups is 1. The fourth-order valence-electron chi connectivity index (χ4n) is 4.17. The van der Waals surface area contributed by atoms with Crippen molar-refractivity contribution in [1.82, 2.24) is 14.8 Å². The molecule has 1 saturated heterocycles. The van der Waals surface area contributed by atoms with Gasteiger partial charge in [0.2, 0.25) is 5.91 Å². The fourth-order valence-corrected chi connectivity index (χ4v) is 5.11. The Bertz CT molecular complexity index is 1220. The molecule has 3 aromatic rings. The number of amides is 1. The number of anilines is 1. The van der Waals surface area contributed by atoms with Crippen LogP contribution in [0.5, 0.6) is 0 Å². The van der Waals surface area contributed by atoms with Crippen LogP contribution in [0, 0.1) is 15.9 Å². The average molecular weight is 520 g/mol. The lowest BCUT2D eigenvalue weighted by Crippen LogP contribution is -3.12. The summed E-state index contributed by atoms with van der Waals surface area (Å²) in [5, 5.41) is 23.0. The number of benzene rings is 2. The van der Waals surface area contributed by atoms with Gasteiger partial charge in [0.25, 0.3) is 5.69 Å². The first-order valence-electron chi connectivity index (χ1n) is 11.3. The Morgan fingerprint density at radius 3 is 2.63 bits per heavy atom. The van der Waals surface area contributed by atoms with Gasteiger partial charge in [0.05, 0.1) is 23.8 Å². The molecule has 9 nitrogen and oxygen atoms in total. The highest BCUT2D eigenvalue weighted by Gasteiger charge is 2.29. The van der Waals surface area contributed by atoms with Crippen molar-refractivity contribution in [3.05, 3.63) is 69.2 Å². The average Bonchev–Trinajstić information content (AvgIpc) is 3.28. The van der Waals surface area contributed by atoms with Crippen molar-refractivity contribution in [2.45, 2.75) is 37.4 Å². The van der Waals surface area contributed by atoms with Crippen molar-refractivity contribution >= 4 is 40.6 Å². The summed E-state index contributed by atoms with van der Waals surface area (Å²) in [5.74, 6) is 0.0470. The second kappa shape index (κ2) is 11.1. The van der Waals surface area contributed by atoms with Gasteiger partial charge in [-0.3, -0.25) is 19.5 Å². The van der Waals surface area contributed by atoms with Crippen LogP contribution in [0.4, 0.5) is 15.8 Å². The van der Waals surface area contributed by atoms with Crippen molar-refractivity contribution < 1.29 is 19.0 Å². The highest BCUT2D eigenvalue weighted by molar-refractivity contribution is 7.99. The first-order chi connectivity index (χ1) is 16.8. The minimum atomic E-state index is -0.606. The summed E-state index contributed by atoms with van der Waals surface area (Å²) in [6.45, 7) is 4.21. The number of carbonyl (C=O) groups excluding carboxylic acids is 1. The number of hydrogen-bond acceptors (Lipinski definition) is 6. The number of halogens is 2. The molecule has 0 aliphatic carbocycles. The van der Waals surface area contributed by atoms with Crippen LogP contribution in [0.1, 0.15) is 38.1 Å². The van der Waals surface area contributed by atoms with Crippen molar-refractivity contribution in [2.24, 2.45) is 0 Å². The Kier molecular flexibility index (Phi) is 7.99. The molecule has 0 unspecified atom stereocenters. The molecule has 2 N–H and O–H groups in total. The maximum atomic E-state index is 13.6. The van der Waals surface area contributed by atoms with Crippen LogP contribution in [0.15, 0.2) is 47.6 Å². The van der Waals surface area contributed by atoms with Gasteiger partial charge >= 0.3 is 0 Å². The van der Waals surface area contributed by atoms with Gasteiger partial charge in [0.1, 0.15) is 16.9 Å². The lowest BCUT2D eigenvalue weighted by atomic mass is 10.1. The van der Waals surface area contributed by atoms with Gasteiger partial charge in [-0.1, -0.05) is 23.4 Å². The van der Waals surface area contributed by atoms with E-state index < -0.39 is 4.92 Å². The number of piperidine rings is 1. The molecule has 1 aromatic heterocycles. The zero-order chi connectivity index (χ0) is 24.9. The van der Waals surface area contributed by atoms with Gasteiger partial charge in [0.15, 0.2) is 11.0 Å². The zero-order valence-electron chi connectivity index (χ0n) is 19.0. The molecule has 0 saturated carbocycles. The van der Waals surface area contributed by atoms with Gasteiger partial charge < -0.3 is 10.2 Å². The molecular weight excluding hydrogens is 495 g/mol. The second-order valence-electron chi connectivity index (χ2n) is 8.35. The number of aromatic nitrogens is 3. The molecule has 4 rings (SSSR count). The van der Waals surface area contributed by atoms with Crippen molar-refractivity contribution in [2.75, 3.05) is 24.2 Å². The van der Waals surface area contributed by atoms with Crippen molar-refractivity contribution in [3.8, 4) is 5.69 Å². The fraction of sp³-hybridized carbons (Fsp3) is 0.348. The van der Waals surface area contributed by atoms with Crippen LogP contribution in [0.3, 0.4) is 0 Å². The summed E-state index contributed by atoms with van der Waals surface area (Å²) < 4.78 is 15.5. The molecule has 2 heterocycles. The Morgan fingerprint density at radius 1 is 1.23 bits per heavy atom. The van der Waals surface area contributed by atoms with E-state index in [1.165, 1.54) is 53.4 Å². The van der Waals surface area contributed by atoms with Crippen LogP contribution in [0.25, 0.3) is 5.69 Å². The first kappa shape index (κ1) is 25.1. The number of nitrogens with zero attached hydrogens (tertiary/aromatic N) is 4. The van der Waals surface area contributed by atoms with E-state index in [4.69, 9.17) is 11.6 Å². The van der Waals surface area contributed by atoms with Crippen LogP contribution in [0.2, 0.25) is 5.02 Å². The molecule has 1 aliphatic heterocycles. The molecule has 0 radical (unpaired) electrons. The third kappa shape index (κ3) is 5.98. The van der Waals surface area contributed by atoms with Crippen LogP contribution >= 0.6 is 23.4 Å². The summed E-state index contributed by atoms with van der Waals surface area (Å²) in [7, 11) is 0. The molecule has 1 amide bonds. The number of thioether (sulfide) groups is 1. The molecule has 1 atom stereocenters. The Balaban J connectivity index is 1.53. The predicted molar refractivity (Wildman–Crippen MR) is 132 cm³/mol. The van der Waals surface area contributed by atoms with E-state index in [2.05, 4.69) is 22.4 Å². The molecule has 1 aliphatic rings. The van der Waals surface area contributed by atoms with E-state index in [-0.39, 0.29) is 39.9 Å². The van der Waals surface area contributed by atoms with Crippen molar-refractivity contribution in [1.29, 1.82) is 0 Å². The van der Waals surface area contributed by atoms with Crippen LogP contribution < -0.4 is 10.2 Å². The van der Waals surface area contributed by atoms with Gasteiger partial charge in [-0.05, 0) is 62.6 Å². The first-order valence-corrected chi connectivity index (χ1v) is 12.6. The summed E-state index contributed by atoms with van der Waals surface area (Å²) in [5.41, 5.74) is 0.701. The molecule has 12 heteroatoms. The van der Waals surface area contributed by atoms with Crippen LogP contribution in [-0.4, -0.2) is 44.4 Å². The molecule has 0 spiro atoms. The third-order valence-corrected chi connectivity index (χ3v) is 7.25. The highest BCUT2D eigenvalue weighted by atomic mass is 35.5. The minimum absolute atomic E-state index is 0.000699. The van der Waals surface area contributed by atoms with E-state index in [9.17, 15) is 19.3 Å². The summed E-state index contributed by atoms with van der Waals surface area (Å²) in [4.78, 5) is 24.5. The van der Waals surface area contributed by atoms with E-state index >= 15 is 0 Å². The van der Waals surface area contributed by atoms with Gasteiger partial charge in [-0.15, -0.1) is 10.2 Å². The van der Waals surface area contributed by atoms with E-state index in [1.807, 2.05) is 4.57 Å². The molecule has 1 fully saturated rings. The molecule has 2 aromatic carbocycles. The minimum Gasteiger partial charge on any atom is -0.326 e. The van der Waals surface area contributed by atoms with E-state index in [1.54, 1.807) is 12.1 Å². The standard InChI is InChI=1S/C23H24ClFN6O3S/c1-15(29-11-3-2-4-12-29)22-27-28-23(30(22)18-8-5-16(25)6-9-18)35-14-21(32)26-17-7-10-19(24)20(13-17)31(33)34/h5-10,13,15H,2-4,11-12,14H2,1H3,(H,26,32)/p+1/t15-/m0/s1. The molecular formula is C23H25ClFN6O3S+. The Hall–Kier alpha value is -3.02. The normalized spacial score (nSPS) is 15.1. The third-order valence-electron chi connectivity index (χ3n) is 6.00.